The van der Waals surface area contributed by atoms with Crippen LogP contribution in [0, 0.1) is 0 Å². The molecule has 1 atom stereocenters. The minimum absolute atomic E-state index is 0.202. The molecule has 1 unspecified atom stereocenters. The molecule has 2 rings (SSSR count). The average molecular weight is 293 g/mol. The number of hydrogen-bond donors (Lipinski definition) is 2. The number of nitrogens with two attached hydrogens (primary N) is 1. The molecule has 0 saturated carbocycles. The van der Waals surface area contributed by atoms with Crippen molar-refractivity contribution in [3.63, 3.8) is 0 Å². The summed E-state index contributed by atoms with van der Waals surface area (Å²) in [7, 11) is 0. The van der Waals surface area contributed by atoms with Crippen LogP contribution in [-0.4, -0.2) is 41.9 Å². The molecule has 0 amide bonds. The van der Waals surface area contributed by atoms with Crippen molar-refractivity contribution in [3.8, 4) is 0 Å². The highest BCUT2D eigenvalue weighted by Gasteiger charge is 2.26. The maximum absolute atomic E-state index is 11.9. The van der Waals surface area contributed by atoms with Gasteiger partial charge in [0.05, 0.1) is 24.1 Å². The Hall–Kier alpha value is -1.82. The van der Waals surface area contributed by atoms with Gasteiger partial charge in [-0.2, -0.15) is 0 Å². The number of carbonyl (C=O) groups excluding carboxylic acids is 1. The second kappa shape index (κ2) is 7.26. The molecular formula is C15H23N3O3. The number of anilines is 2. The number of esters is 1. The molecule has 0 aromatic carbocycles. The first-order chi connectivity index (χ1) is 10.2. The van der Waals surface area contributed by atoms with Crippen LogP contribution in [0.5, 0.6) is 0 Å². The molecular weight excluding hydrogens is 270 g/mol. The molecule has 2 heterocycles. The zero-order chi connectivity index (χ0) is 15.2. The van der Waals surface area contributed by atoms with Gasteiger partial charge in [-0.1, -0.05) is 0 Å². The summed E-state index contributed by atoms with van der Waals surface area (Å²) in [5.74, 6) is 0.345. The second-order valence-corrected chi connectivity index (χ2v) is 5.21. The molecule has 1 aromatic heterocycles. The van der Waals surface area contributed by atoms with Crippen LogP contribution in [0.15, 0.2) is 12.3 Å². The summed E-state index contributed by atoms with van der Waals surface area (Å²) in [6.45, 7) is 3.20. The minimum Gasteiger partial charge on any atom is -0.462 e. The van der Waals surface area contributed by atoms with Gasteiger partial charge in [-0.15, -0.1) is 0 Å². The third-order valence-corrected chi connectivity index (χ3v) is 3.78. The number of aromatic nitrogens is 1. The van der Waals surface area contributed by atoms with E-state index in [4.69, 9.17) is 15.6 Å². The van der Waals surface area contributed by atoms with Crippen LogP contribution in [0.3, 0.4) is 0 Å². The van der Waals surface area contributed by atoms with Crippen LogP contribution in [-0.2, 0) is 4.74 Å². The van der Waals surface area contributed by atoms with Gasteiger partial charge in [0.25, 0.3) is 0 Å². The van der Waals surface area contributed by atoms with E-state index in [-0.39, 0.29) is 6.61 Å². The third kappa shape index (κ3) is 3.64. The van der Waals surface area contributed by atoms with Crippen LogP contribution in [0.4, 0.5) is 11.5 Å². The number of hydrogen-bond acceptors (Lipinski definition) is 6. The van der Waals surface area contributed by atoms with Gasteiger partial charge in [-0.05, 0) is 38.7 Å². The zero-order valence-corrected chi connectivity index (χ0v) is 12.4. The van der Waals surface area contributed by atoms with Crippen LogP contribution < -0.4 is 10.6 Å². The SMILES string of the molecule is CCOC(=O)c1cc(N2CCCC2CCCO)ncc1N. The summed E-state index contributed by atoms with van der Waals surface area (Å²) in [4.78, 5) is 18.4. The molecule has 0 aliphatic carbocycles. The van der Waals surface area contributed by atoms with Gasteiger partial charge in [0.2, 0.25) is 0 Å². The number of pyridine rings is 1. The molecule has 1 aliphatic rings. The number of aliphatic hydroxyl groups is 1. The predicted molar refractivity (Wildman–Crippen MR) is 81.3 cm³/mol. The first-order valence-electron chi connectivity index (χ1n) is 7.47. The Labute approximate surface area is 124 Å². The maximum Gasteiger partial charge on any atom is 0.340 e. The Kier molecular flexibility index (Phi) is 5.38. The van der Waals surface area contributed by atoms with E-state index >= 15 is 0 Å². The highest BCUT2D eigenvalue weighted by Crippen LogP contribution is 2.28. The van der Waals surface area contributed by atoms with Crippen molar-refractivity contribution in [1.29, 1.82) is 0 Å². The molecule has 21 heavy (non-hydrogen) atoms. The molecule has 1 fully saturated rings. The van der Waals surface area contributed by atoms with E-state index in [1.165, 1.54) is 6.20 Å². The summed E-state index contributed by atoms with van der Waals surface area (Å²) < 4.78 is 5.02. The quantitative estimate of drug-likeness (QED) is 0.774. The standard InChI is InChI=1S/C15H23N3O3/c1-2-21-15(20)12-9-14(17-10-13(12)16)18-7-3-5-11(18)6-4-8-19/h9-11,19H,2-8,16H2,1H3. The summed E-state index contributed by atoms with van der Waals surface area (Å²) in [6, 6.07) is 2.08. The monoisotopic (exact) mass is 293 g/mol. The Balaban J connectivity index is 2.19. The zero-order valence-electron chi connectivity index (χ0n) is 12.4. The van der Waals surface area contributed by atoms with Crippen molar-refractivity contribution >= 4 is 17.5 Å². The molecule has 0 bridgehead atoms. The minimum atomic E-state index is -0.412. The first kappa shape index (κ1) is 15.6. The first-order valence-corrected chi connectivity index (χ1v) is 7.47. The number of rotatable bonds is 6. The summed E-state index contributed by atoms with van der Waals surface area (Å²) in [5.41, 5.74) is 6.53. The van der Waals surface area contributed by atoms with Crippen LogP contribution in [0.25, 0.3) is 0 Å². The van der Waals surface area contributed by atoms with Crippen molar-refractivity contribution in [2.24, 2.45) is 0 Å². The topological polar surface area (TPSA) is 88.7 Å². The smallest absolute Gasteiger partial charge is 0.340 e. The number of nitrogens with zero attached hydrogens (tertiary/aromatic N) is 2. The summed E-state index contributed by atoms with van der Waals surface area (Å²) >= 11 is 0. The maximum atomic E-state index is 11.9. The highest BCUT2D eigenvalue weighted by atomic mass is 16.5. The molecule has 1 aliphatic heterocycles. The molecule has 3 N–H and O–H groups in total. The van der Waals surface area contributed by atoms with Gasteiger partial charge in [-0.3, -0.25) is 0 Å². The van der Waals surface area contributed by atoms with E-state index < -0.39 is 5.97 Å². The van der Waals surface area contributed by atoms with E-state index in [0.717, 1.165) is 38.0 Å². The molecule has 1 saturated heterocycles. The van der Waals surface area contributed by atoms with Gasteiger partial charge in [0, 0.05) is 19.2 Å². The number of nitrogen functional groups attached to an aromatic ring is 1. The van der Waals surface area contributed by atoms with E-state index in [1.54, 1.807) is 13.0 Å². The molecule has 6 nitrogen and oxygen atoms in total. The Bertz CT molecular complexity index is 493. The fourth-order valence-electron chi connectivity index (χ4n) is 2.76. The van der Waals surface area contributed by atoms with Gasteiger partial charge in [-0.25, -0.2) is 9.78 Å². The number of ether oxygens (including phenoxy) is 1. The van der Waals surface area contributed by atoms with Crippen molar-refractivity contribution in [3.05, 3.63) is 17.8 Å². The average Bonchev–Trinajstić information content (AvgIpc) is 2.94. The fourth-order valence-corrected chi connectivity index (χ4v) is 2.76. The fraction of sp³-hybridized carbons (Fsp3) is 0.600. The Morgan fingerprint density at radius 3 is 3.14 bits per heavy atom. The second-order valence-electron chi connectivity index (χ2n) is 5.21. The molecule has 6 heteroatoms. The normalized spacial score (nSPS) is 18.0. The van der Waals surface area contributed by atoms with Gasteiger partial charge in [0.15, 0.2) is 0 Å². The van der Waals surface area contributed by atoms with Crippen LogP contribution in [0.2, 0.25) is 0 Å². The van der Waals surface area contributed by atoms with Crippen molar-refractivity contribution in [1.82, 2.24) is 4.98 Å². The van der Waals surface area contributed by atoms with Gasteiger partial charge >= 0.3 is 5.97 Å². The molecule has 1 aromatic rings. The van der Waals surface area contributed by atoms with Gasteiger partial charge < -0.3 is 20.5 Å². The predicted octanol–water partition coefficient (Wildman–Crippen LogP) is 1.58. The molecule has 116 valence electrons. The van der Waals surface area contributed by atoms with E-state index in [0.29, 0.717) is 23.9 Å². The lowest BCUT2D eigenvalue weighted by Gasteiger charge is -2.26. The summed E-state index contributed by atoms with van der Waals surface area (Å²) in [6.07, 6.45) is 5.40. The largest absolute Gasteiger partial charge is 0.462 e. The van der Waals surface area contributed by atoms with Crippen molar-refractivity contribution < 1.29 is 14.6 Å². The summed E-state index contributed by atoms with van der Waals surface area (Å²) in [5, 5.41) is 8.98. The molecule has 0 spiro atoms. The Morgan fingerprint density at radius 1 is 1.62 bits per heavy atom. The number of aliphatic hydroxyl groups excluding tert-OH is 1. The van der Waals surface area contributed by atoms with Crippen molar-refractivity contribution in [2.75, 3.05) is 30.4 Å². The van der Waals surface area contributed by atoms with E-state index in [1.807, 2.05) is 0 Å². The lowest BCUT2D eigenvalue weighted by atomic mass is 10.1. The van der Waals surface area contributed by atoms with Gasteiger partial charge in [0.1, 0.15) is 5.82 Å². The van der Waals surface area contributed by atoms with E-state index in [2.05, 4.69) is 9.88 Å². The molecule has 0 radical (unpaired) electrons. The van der Waals surface area contributed by atoms with Crippen LogP contribution in [0.1, 0.15) is 43.0 Å². The highest BCUT2D eigenvalue weighted by molar-refractivity contribution is 5.95. The van der Waals surface area contributed by atoms with Crippen LogP contribution >= 0.6 is 0 Å². The third-order valence-electron chi connectivity index (χ3n) is 3.78. The Morgan fingerprint density at radius 2 is 2.43 bits per heavy atom. The van der Waals surface area contributed by atoms with E-state index in [9.17, 15) is 4.79 Å². The lowest BCUT2D eigenvalue weighted by molar-refractivity contribution is 0.0527. The van der Waals surface area contributed by atoms with Crippen molar-refractivity contribution in [2.45, 2.75) is 38.6 Å². The lowest BCUT2D eigenvalue weighted by Crippen LogP contribution is -2.30. The number of carbonyl (C=O) groups is 1.